The molecule has 0 atom stereocenters. The van der Waals surface area contributed by atoms with Gasteiger partial charge in [0.05, 0.1) is 11.0 Å². The molecule has 2 aromatic heterocycles. The van der Waals surface area contributed by atoms with Crippen LogP contribution in [0, 0.1) is 0 Å². The summed E-state index contributed by atoms with van der Waals surface area (Å²) in [6.07, 6.45) is 1.76. The first kappa shape index (κ1) is 20.2. The average molecular weight is 398 g/mol. The number of benzene rings is 1. The van der Waals surface area contributed by atoms with Gasteiger partial charge >= 0.3 is 0 Å². The van der Waals surface area contributed by atoms with Gasteiger partial charge in [-0.3, -0.25) is 4.79 Å². The number of nitrogens with one attached hydrogen (secondary N) is 1. The molecule has 2 heterocycles. The van der Waals surface area contributed by atoms with Crippen LogP contribution in [-0.4, -0.2) is 27.5 Å². The highest BCUT2D eigenvalue weighted by atomic mass is 32.2. The van der Waals surface area contributed by atoms with Gasteiger partial charge in [0.2, 0.25) is 5.91 Å². The molecule has 3 aromatic rings. The van der Waals surface area contributed by atoms with Crippen LogP contribution in [0.1, 0.15) is 40.4 Å². The number of anilines is 2. The monoisotopic (exact) mass is 397 g/mol. The van der Waals surface area contributed by atoms with Crippen LogP contribution in [0.3, 0.4) is 0 Å². The van der Waals surface area contributed by atoms with Crippen LogP contribution in [0.4, 0.5) is 11.5 Å². The molecule has 0 aliphatic rings. The van der Waals surface area contributed by atoms with Crippen LogP contribution in [0.2, 0.25) is 0 Å². The minimum atomic E-state index is -0.125. The lowest BCUT2D eigenvalue weighted by molar-refractivity contribution is -0.114. The molecule has 1 amide bonds. The summed E-state index contributed by atoms with van der Waals surface area (Å²) in [5.74, 6) is 1.54. The molecule has 0 unspecified atom stereocenters. The van der Waals surface area contributed by atoms with Gasteiger partial charge in [0.25, 0.3) is 0 Å². The van der Waals surface area contributed by atoms with Crippen molar-refractivity contribution in [3.63, 3.8) is 0 Å². The van der Waals surface area contributed by atoms with Crippen molar-refractivity contribution in [3.05, 3.63) is 42.4 Å². The van der Waals surface area contributed by atoms with E-state index in [1.807, 2.05) is 13.1 Å². The number of hydrogen-bond acceptors (Lipinski definition) is 5. The van der Waals surface area contributed by atoms with Gasteiger partial charge in [-0.15, -0.1) is 0 Å². The van der Waals surface area contributed by atoms with Gasteiger partial charge in [-0.05, 0) is 49.2 Å². The molecule has 6 nitrogen and oxygen atoms in total. The summed E-state index contributed by atoms with van der Waals surface area (Å²) in [4.78, 5) is 21.3. The van der Waals surface area contributed by atoms with Crippen molar-refractivity contribution in [2.24, 2.45) is 0 Å². The number of carbonyl (C=O) groups excluding carboxylic acids is 1. The maximum Gasteiger partial charge on any atom is 0.222 e. The number of aromatic nitrogens is 3. The summed E-state index contributed by atoms with van der Waals surface area (Å²) in [5.41, 5.74) is 3.24. The summed E-state index contributed by atoms with van der Waals surface area (Å²) in [6.45, 7) is 11.1. The number of carbonyl (C=O) groups is 1. The molecule has 0 saturated carbocycles. The SMILES string of the molecule is CCn1c(C(C)(C)C)nc2cc(N(C)Sc3ccc(NC(C)=O)nc3)ccc21. The largest absolute Gasteiger partial charge is 0.328 e. The molecule has 0 aliphatic carbocycles. The summed E-state index contributed by atoms with van der Waals surface area (Å²) in [7, 11) is 2.02. The molecule has 148 valence electrons. The Morgan fingerprint density at radius 1 is 1.25 bits per heavy atom. The Morgan fingerprint density at radius 3 is 2.57 bits per heavy atom. The fourth-order valence-corrected chi connectivity index (χ4v) is 3.87. The normalized spacial score (nSPS) is 11.6. The highest BCUT2D eigenvalue weighted by Gasteiger charge is 2.22. The van der Waals surface area contributed by atoms with Crippen LogP contribution >= 0.6 is 11.9 Å². The molecule has 28 heavy (non-hydrogen) atoms. The highest BCUT2D eigenvalue weighted by molar-refractivity contribution is 8.00. The first-order valence-electron chi connectivity index (χ1n) is 9.35. The Kier molecular flexibility index (Phi) is 5.65. The summed E-state index contributed by atoms with van der Waals surface area (Å²) in [5, 5.41) is 2.68. The number of nitrogens with zero attached hydrogens (tertiary/aromatic N) is 4. The van der Waals surface area contributed by atoms with Crippen molar-refractivity contribution in [1.82, 2.24) is 14.5 Å². The Morgan fingerprint density at radius 2 is 2.00 bits per heavy atom. The zero-order valence-electron chi connectivity index (χ0n) is 17.3. The zero-order valence-corrected chi connectivity index (χ0v) is 18.1. The van der Waals surface area contributed by atoms with Gasteiger partial charge in [0.15, 0.2) is 0 Å². The number of rotatable bonds is 5. The molecule has 0 spiro atoms. The Hall–Kier alpha value is -2.54. The zero-order chi connectivity index (χ0) is 20.5. The number of hydrogen-bond donors (Lipinski definition) is 1. The van der Waals surface area contributed by atoms with Crippen molar-refractivity contribution < 1.29 is 4.79 Å². The van der Waals surface area contributed by atoms with Crippen molar-refractivity contribution in [2.75, 3.05) is 16.7 Å². The topological polar surface area (TPSA) is 63.1 Å². The van der Waals surface area contributed by atoms with E-state index in [4.69, 9.17) is 4.98 Å². The van der Waals surface area contributed by atoms with Gasteiger partial charge in [0, 0.05) is 42.7 Å². The van der Waals surface area contributed by atoms with E-state index in [1.165, 1.54) is 6.92 Å². The van der Waals surface area contributed by atoms with E-state index < -0.39 is 0 Å². The predicted octanol–water partition coefficient (Wildman–Crippen LogP) is 4.85. The molecule has 0 radical (unpaired) electrons. The van der Waals surface area contributed by atoms with E-state index in [2.05, 4.69) is 65.1 Å². The summed E-state index contributed by atoms with van der Waals surface area (Å²) in [6, 6.07) is 10.1. The highest BCUT2D eigenvalue weighted by Crippen LogP contribution is 2.32. The minimum absolute atomic E-state index is 0.00281. The number of imidazole rings is 1. The van der Waals surface area contributed by atoms with Crippen LogP contribution in [0.5, 0.6) is 0 Å². The maximum atomic E-state index is 11.1. The average Bonchev–Trinajstić information content (AvgIpc) is 3.01. The number of pyridine rings is 1. The quantitative estimate of drug-likeness (QED) is 0.624. The molecule has 1 N–H and O–H groups in total. The third-order valence-electron chi connectivity index (χ3n) is 4.37. The van der Waals surface area contributed by atoms with Crippen LogP contribution in [0.15, 0.2) is 41.4 Å². The van der Waals surface area contributed by atoms with Gasteiger partial charge in [-0.2, -0.15) is 0 Å². The second-order valence-electron chi connectivity index (χ2n) is 7.75. The predicted molar refractivity (Wildman–Crippen MR) is 117 cm³/mol. The Bertz CT molecular complexity index is 988. The fraction of sp³-hybridized carbons (Fsp3) is 0.381. The fourth-order valence-electron chi connectivity index (χ4n) is 3.11. The van der Waals surface area contributed by atoms with Crippen LogP contribution in [0.25, 0.3) is 11.0 Å². The Labute approximate surface area is 170 Å². The third kappa shape index (κ3) is 4.30. The van der Waals surface area contributed by atoms with E-state index in [1.54, 1.807) is 24.2 Å². The second-order valence-corrected chi connectivity index (χ2v) is 8.95. The lowest BCUT2D eigenvalue weighted by Gasteiger charge is -2.19. The standard InChI is InChI=1S/C21H27N5OS/c1-7-26-18-10-8-15(12-17(18)24-20(26)21(3,4)5)25(6)28-16-9-11-19(22-13-16)23-14(2)27/h8-13H,7H2,1-6H3,(H,22,23,27). The molecular weight excluding hydrogens is 370 g/mol. The molecule has 7 heteroatoms. The Balaban J connectivity index is 1.84. The van der Waals surface area contributed by atoms with Crippen LogP contribution < -0.4 is 9.62 Å². The van der Waals surface area contributed by atoms with Crippen molar-refractivity contribution in [1.29, 1.82) is 0 Å². The first-order valence-corrected chi connectivity index (χ1v) is 10.1. The second kappa shape index (κ2) is 7.83. The van der Waals surface area contributed by atoms with E-state index in [0.29, 0.717) is 5.82 Å². The molecule has 0 bridgehead atoms. The van der Waals surface area contributed by atoms with Crippen molar-refractivity contribution in [2.45, 2.75) is 51.5 Å². The van der Waals surface area contributed by atoms with Gasteiger partial charge in [0.1, 0.15) is 11.6 Å². The van der Waals surface area contributed by atoms with Gasteiger partial charge in [-0.25, -0.2) is 9.97 Å². The lowest BCUT2D eigenvalue weighted by Crippen LogP contribution is -2.18. The molecule has 0 saturated heterocycles. The molecule has 1 aromatic carbocycles. The smallest absolute Gasteiger partial charge is 0.222 e. The van der Waals surface area contributed by atoms with Gasteiger partial charge < -0.3 is 14.2 Å². The molecule has 0 aliphatic heterocycles. The molecular formula is C21H27N5OS. The molecule has 3 rings (SSSR count). The third-order valence-corrected chi connectivity index (χ3v) is 5.30. The maximum absolute atomic E-state index is 11.1. The number of aryl methyl sites for hydroxylation is 1. The summed E-state index contributed by atoms with van der Waals surface area (Å²) < 4.78 is 4.38. The van der Waals surface area contributed by atoms with E-state index in [-0.39, 0.29) is 11.3 Å². The summed E-state index contributed by atoms with van der Waals surface area (Å²) >= 11 is 1.58. The number of amides is 1. The molecule has 0 fully saturated rings. The first-order chi connectivity index (χ1) is 13.2. The lowest BCUT2D eigenvalue weighted by atomic mass is 9.96. The van der Waals surface area contributed by atoms with Gasteiger partial charge in [-0.1, -0.05) is 20.8 Å². The minimum Gasteiger partial charge on any atom is -0.328 e. The van der Waals surface area contributed by atoms with Crippen molar-refractivity contribution >= 4 is 40.4 Å². The van der Waals surface area contributed by atoms with E-state index in [0.717, 1.165) is 34.0 Å². The van der Waals surface area contributed by atoms with E-state index >= 15 is 0 Å². The van der Waals surface area contributed by atoms with Crippen molar-refractivity contribution in [3.8, 4) is 0 Å². The number of fused-ring (bicyclic) bond motifs is 1. The van der Waals surface area contributed by atoms with E-state index in [9.17, 15) is 4.79 Å². The van der Waals surface area contributed by atoms with Crippen LogP contribution in [-0.2, 0) is 16.8 Å².